The summed E-state index contributed by atoms with van der Waals surface area (Å²) in [5, 5.41) is 27.6. The summed E-state index contributed by atoms with van der Waals surface area (Å²) >= 11 is 0. The molecule has 0 aliphatic heterocycles. The summed E-state index contributed by atoms with van der Waals surface area (Å²) in [4.78, 5) is 43.6. The summed E-state index contributed by atoms with van der Waals surface area (Å²) in [6.45, 7) is 14.5. The van der Waals surface area contributed by atoms with Gasteiger partial charge in [-0.2, -0.15) is 30.5 Å². The average Bonchev–Trinajstić information content (AvgIpc) is 2.85. The lowest BCUT2D eigenvalue weighted by atomic mass is 9.96. The highest BCUT2D eigenvalue weighted by atomic mass is 17.2. The first-order valence-electron chi connectivity index (χ1n) is 12.7. The lowest BCUT2D eigenvalue weighted by Crippen LogP contribution is -2.25. The Bertz CT molecular complexity index is 748. The second-order valence-corrected chi connectivity index (χ2v) is 10.7. The molecule has 0 bridgehead atoms. The largest absolute Gasteiger partial charge is 0.342 e. The van der Waals surface area contributed by atoms with Gasteiger partial charge in [0, 0.05) is 12.8 Å². The van der Waals surface area contributed by atoms with E-state index in [9.17, 15) is 20.1 Å². The second kappa shape index (κ2) is 15.5. The molecule has 0 saturated carbocycles. The van der Waals surface area contributed by atoms with Crippen molar-refractivity contribution in [1.82, 2.24) is 0 Å². The van der Waals surface area contributed by atoms with Gasteiger partial charge in [-0.15, -0.1) is 0 Å². The van der Waals surface area contributed by atoms with E-state index in [4.69, 9.17) is 19.6 Å². The number of azo groups is 1. The van der Waals surface area contributed by atoms with Crippen LogP contribution in [0, 0.1) is 22.7 Å². The second-order valence-electron chi connectivity index (χ2n) is 10.7. The molecular weight excluding hydrogens is 464 g/mol. The van der Waals surface area contributed by atoms with Crippen molar-refractivity contribution in [2.24, 2.45) is 10.2 Å². The Kier molecular flexibility index (Phi) is 14.4. The van der Waals surface area contributed by atoms with E-state index in [1.807, 2.05) is 41.5 Å². The smallest absolute Gasteiger partial charge is 0.298 e. The zero-order valence-corrected chi connectivity index (χ0v) is 23.3. The zero-order valence-electron chi connectivity index (χ0n) is 23.3. The van der Waals surface area contributed by atoms with Gasteiger partial charge in [-0.1, -0.05) is 13.8 Å². The Morgan fingerprint density at radius 1 is 0.667 bits per heavy atom. The Morgan fingerprint density at radius 3 is 1.28 bits per heavy atom. The molecule has 0 aromatic heterocycles. The molecule has 204 valence electrons. The molecule has 36 heavy (non-hydrogen) atoms. The Labute approximate surface area is 216 Å². The molecule has 0 aliphatic rings. The van der Waals surface area contributed by atoms with Crippen LogP contribution in [0.25, 0.3) is 0 Å². The van der Waals surface area contributed by atoms with Gasteiger partial charge in [0.2, 0.25) is 0 Å². The maximum Gasteiger partial charge on any atom is 0.342 e. The van der Waals surface area contributed by atoms with E-state index >= 15 is 0 Å². The van der Waals surface area contributed by atoms with Gasteiger partial charge in [0.1, 0.15) is 11.2 Å². The van der Waals surface area contributed by atoms with Gasteiger partial charge in [-0.3, -0.25) is 9.78 Å². The third-order valence-corrected chi connectivity index (χ3v) is 5.99. The molecule has 0 rings (SSSR count). The number of rotatable bonds is 18. The van der Waals surface area contributed by atoms with Crippen molar-refractivity contribution in [2.45, 2.75) is 142 Å². The van der Waals surface area contributed by atoms with Crippen molar-refractivity contribution < 1.29 is 29.1 Å². The molecule has 0 radical (unpaired) electrons. The minimum atomic E-state index is -1.12. The predicted octanol–water partition coefficient (Wildman–Crippen LogP) is 6.45. The summed E-state index contributed by atoms with van der Waals surface area (Å²) in [7, 11) is 0. The van der Waals surface area contributed by atoms with Crippen molar-refractivity contribution >= 4 is 11.9 Å². The summed E-state index contributed by atoms with van der Waals surface area (Å²) in [6, 6.07) is 4.29. The van der Waals surface area contributed by atoms with Crippen molar-refractivity contribution in [3.05, 3.63) is 0 Å². The van der Waals surface area contributed by atoms with Crippen LogP contribution in [0.3, 0.4) is 0 Å². The number of nitrogens with zero attached hydrogens (tertiary/aromatic N) is 4. The van der Waals surface area contributed by atoms with Crippen LogP contribution in [0.1, 0.15) is 120 Å². The number of carbonyl (C=O) groups is 2. The van der Waals surface area contributed by atoms with E-state index in [-0.39, 0.29) is 12.8 Å². The van der Waals surface area contributed by atoms with Crippen LogP contribution < -0.4 is 0 Å². The van der Waals surface area contributed by atoms with E-state index < -0.39 is 34.2 Å². The first-order chi connectivity index (χ1) is 16.7. The zero-order chi connectivity index (χ0) is 27.9. The van der Waals surface area contributed by atoms with Crippen LogP contribution in [0.2, 0.25) is 0 Å². The summed E-state index contributed by atoms with van der Waals surface area (Å²) < 4.78 is 0. The van der Waals surface area contributed by atoms with E-state index in [1.165, 1.54) is 0 Å². The molecule has 0 N–H and O–H groups in total. The molecule has 10 nitrogen and oxygen atoms in total. The van der Waals surface area contributed by atoms with Gasteiger partial charge >= 0.3 is 11.9 Å². The lowest BCUT2D eigenvalue weighted by molar-refractivity contribution is -0.325. The average molecular weight is 509 g/mol. The molecule has 2 atom stereocenters. The van der Waals surface area contributed by atoms with Crippen molar-refractivity contribution in [2.75, 3.05) is 0 Å². The third kappa shape index (κ3) is 14.8. The topological polar surface area (TPSA) is 143 Å². The first-order valence-corrected chi connectivity index (χ1v) is 12.7. The van der Waals surface area contributed by atoms with E-state index in [2.05, 4.69) is 22.4 Å². The summed E-state index contributed by atoms with van der Waals surface area (Å²) in [6.07, 6.45) is 4.61. The standard InChI is InChI=1S/C26H44N4O6/c1-9-23(3,4)35-33-21(31)15-11-13-17-25(7,19-27)29-30-26(8,20-28)18-14-12-16-22(32)34-36-24(5,6)10-2/h9-18H2,1-8H3. The normalized spacial score (nSPS) is 15.4. The molecule has 0 saturated heterocycles. The molecule has 2 unspecified atom stereocenters. The number of nitriles is 2. The number of hydrogen-bond acceptors (Lipinski definition) is 10. The van der Waals surface area contributed by atoms with Crippen LogP contribution in [0.5, 0.6) is 0 Å². The van der Waals surface area contributed by atoms with Crippen LogP contribution in [0.15, 0.2) is 10.2 Å². The minimum absolute atomic E-state index is 0.164. The van der Waals surface area contributed by atoms with Crippen LogP contribution in [-0.4, -0.2) is 34.2 Å². The molecule has 0 heterocycles. The summed E-state index contributed by atoms with van der Waals surface area (Å²) in [5.74, 6) is -0.920. The molecule has 0 fully saturated rings. The highest BCUT2D eigenvalue weighted by molar-refractivity contribution is 5.68. The summed E-state index contributed by atoms with van der Waals surface area (Å²) in [5.41, 5.74) is -3.30. The molecule has 0 aromatic carbocycles. The van der Waals surface area contributed by atoms with Crippen molar-refractivity contribution in [3.8, 4) is 12.1 Å². The van der Waals surface area contributed by atoms with E-state index in [1.54, 1.807) is 13.8 Å². The maximum absolute atomic E-state index is 11.8. The van der Waals surface area contributed by atoms with Crippen molar-refractivity contribution in [3.63, 3.8) is 0 Å². The molecule has 0 aliphatic carbocycles. The van der Waals surface area contributed by atoms with E-state index in [0.29, 0.717) is 51.4 Å². The molecule has 0 aromatic rings. The van der Waals surface area contributed by atoms with E-state index in [0.717, 1.165) is 0 Å². The highest BCUT2D eigenvalue weighted by Gasteiger charge is 2.28. The Balaban J connectivity index is 4.55. The predicted molar refractivity (Wildman–Crippen MR) is 133 cm³/mol. The fraction of sp³-hybridized carbons (Fsp3) is 0.846. The fourth-order valence-electron chi connectivity index (χ4n) is 2.47. The highest BCUT2D eigenvalue weighted by Crippen LogP contribution is 2.25. The Morgan fingerprint density at radius 2 is 1.00 bits per heavy atom. The number of carbonyl (C=O) groups excluding carboxylic acids is 2. The van der Waals surface area contributed by atoms with Crippen LogP contribution in [-0.2, 0) is 29.1 Å². The van der Waals surface area contributed by atoms with Gasteiger partial charge in [-0.25, -0.2) is 9.59 Å². The van der Waals surface area contributed by atoms with Gasteiger partial charge in [0.25, 0.3) is 0 Å². The third-order valence-electron chi connectivity index (χ3n) is 5.99. The minimum Gasteiger partial charge on any atom is -0.298 e. The van der Waals surface area contributed by atoms with Crippen LogP contribution >= 0.6 is 0 Å². The number of unbranched alkanes of at least 4 members (excludes halogenated alkanes) is 2. The van der Waals surface area contributed by atoms with Gasteiger partial charge in [-0.05, 0) is 92.9 Å². The SMILES string of the molecule is CCC(C)(C)OOC(=O)CCCCC(C)(C#N)N=NC(C)(C#N)CCCCC(=O)OOC(C)(C)CC. The first kappa shape index (κ1) is 33.4. The fourth-order valence-corrected chi connectivity index (χ4v) is 2.47. The number of hydrogen-bond donors (Lipinski definition) is 0. The molecule has 0 spiro atoms. The van der Waals surface area contributed by atoms with Gasteiger partial charge in [0.05, 0.1) is 12.1 Å². The van der Waals surface area contributed by atoms with Gasteiger partial charge < -0.3 is 0 Å². The molecular formula is C26H44N4O6. The molecule has 0 amide bonds. The van der Waals surface area contributed by atoms with Crippen molar-refractivity contribution in [1.29, 1.82) is 10.5 Å². The maximum atomic E-state index is 11.8. The van der Waals surface area contributed by atoms with Crippen LogP contribution in [0.4, 0.5) is 0 Å². The lowest BCUT2D eigenvalue weighted by Gasteiger charge is -2.21. The monoisotopic (exact) mass is 508 g/mol. The molecule has 10 heteroatoms. The Hall–Kier alpha value is -2.56. The quantitative estimate of drug-likeness (QED) is 0.0889. The van der Waals surface area contributed by atoms with Gasteiger partial charge in [0.15, 0.2) is 11.1 Å².